The smallest absolute Gasteiger partial charge is 0.249 e. The van der Waals surface area contributed by atoms with Gasteiger partial charge < -0.3 is 5.73 Å². The van der Waals surface area contributed by atoms with Crippen molar-refractivity contribution in [2.45, 2.75) is 18.7 Å². The monoisotopic (exact) mass is 242 g/mol. The molecule has 0 aliphatic carbocycles. The van der Waals surface area contributed by atoms with Crippen molar-refractivity contribution in [2.24, 2.45) is 5.73 Å². The molecule has 0 heterocycles. The molecule has 0 spiro atoms. The molecule has 1 rings (SSSR count). The van der Waals surface area contributed by atoms with Crippen LogP contribution in [0, 0.1) is 13.8 Å². The molecule has 0 aliphatic heterocycles. The second kappa shape index (κ2) is 4.23. The zero-order chi connectivity index (χ0) is 12.5. The van der Waals surface area contributed by atoms with E-state index in [-0.39, 0.29) is 10.5 Å². The Labute approximate surface area is 94.7 Å². The third kappa shape index (κ3) is 2.23. The van der Waals surface area contributed by atoms with Crippen molar-refractivity contribution in [1.82, 2.24) is 4.72 Å². The summed E-state index contributed by atoms with van der Waals surface area (Å²) in [6.45, 7) is 3.46. The van der Waals surface area contributed by atoms with Crippen molar-refractivity contribution in [3.63, 3.8) is 0 Å². The first-order valence-corrected chi connectivity index (χ1v) is 6.12. The van der Waals surface area contributed by atoms with Crippen LogP contribution in [-0.2, 0) is 10.0 Å². The molecule has 3 N–H and O–H groups in total. The summed E-state index contributed by atoms with van der Waals surface area (Å²) in [7, 11) is -2.24. The van der Waals surface area contributed by atoms with Crippen LogP contribution < -0.4 is 10.5 Å². The number of hydrogen-bond donors (Lipinski definition) is 2. The van der Waals surface area contributed by atoms with Crippen molar-refractivity contribution in [3.05, 3.63) is 28.8 Å². The summed E-state index contributed by atoms with van der Waals surface area (Å²) in [6.07, 6.45) is 0. The van der Waals surface area contributed by atoms with Gasteiger partial charge >= 0.3 is 0 Å². The van der Waals surface area contributed by atoms with Crippen LogP contribution in [-0.4, -0.2) is 21.4 Å². The first-order chi connectivity index (χ1) is 7.29. The number of benzene rings is 1. The van der Waals surface area contributed by atoms with Gasteiger partial charge in [0.2, 0.25) is 15.9 Å². The van der Waals surface area contributed by atoms with Gasteiger partial charge in [-0.25, -0.2) is 13.1 Å². The molecule has 0 saturated heterocycles. The molecule has 0 bridgehead atoms. The van der Waals surface area contributed by atoms with E-state index in [0.717, 1.165) is 0 Å². The van der Waals surface area contributed by atoms with Crippen molar-refractivity contribution in [2.75, 3.05) is 7.05 Å². The Morgan fingerprint density at radius 2 is 1.88 bits per heavy atom. The van der Waals surface area contributed by atoms with Crippen LogP contribution >= 0.6 is 0 Å². The normalized spacial score (nSPS) is 11.4. The molecule has 0 aromatic heterocycles. The molecule has 88 valence electrons. The fourth-order valence-electron chi connectivity index (χ4n) is 1.36. The lowest BCUT2D eigenvalue weighted by Crippen LogP contribution is -2.21. The number of aryl methyl sites for hydroxylation is 1. The second-order valence-electron chi connectivity index (χ2n) is 3.48. The largest absolute Gasteiger partial charge is 0.366 e. The molecule has 6 heteroatoms. The van der Waals surface area contributed by atoms with Gasteiger partial charge in [0.15, 0.2) is 0 Å². The average Bonchev–Trinajstić information content (AvgIpc) is 2.21. The zero-order valence-electron chi connectivity index (χ0n) is 9.37. The maximum Gasteiger partial charge on any atom is 0.249 e. The maximum absolute atomic E-state index is 11.6. The highest BCUT2D eigenvalue weighted by Crippen LogP contribution is 2.19. The number of primary amides is 1. The first kappa shape index (κ1) is 12.7. The number of hydrogen-bond acceptors (Lipinski definition) is 3. The van der Waals surface area contributed by atoms with Gasteiger partial charge in [-0.05, 0) is 44.2 Å². The van der Waals surface area contributed by atoms with E-state index < -0.39 is 15.9 Å². The van der Waals surface area contributed by atoms with Gasteiger partial charge in [0.1, 0.15) is 0 Å². The van der Waals surface area contributed by atoms with Crippen molar-refractivity contribution >= 4 is 15.9 Å². The van der Waals surface area contributed by atoms with Gasteiger partial charge in [-0.2, -0.15) is 0 Å². The van der Waals surface area contributed by atoms with Gasteiger partial charge in [0.25, 0.3) is 0 Å². The molecule has 0 unspecified atom stereocenters. The Hall–Kier alpha value is -1.40. The molecular formula is C10H14N2O3S. The summed E-state index contributed by atoms with van der Waals surface area (Å²) in [5, 5.41) is 0. The van der Waals surface area contributed by atoms with Crippen LogP contribution in [0.15, 0.2) is 17.0 Å². The van der Waals surface area contributed by atoms with E-state index in [1.54, 1.807) is 13.8 Å². The van der Waals surface area contributed by atoms with Gasteiger partial charge in [-0.15, -0.1) is 0 Å². The van der Waals surface area contributed by atoms with Crippen LogP contribution in [0.1, 0.15) is 21.5 Å². The number of nitrogens with two attached hydrogens (primary N) is 1. The minimum atomic E-state index is -3.55. The van der Waals surface area contributed by atoms with Gasteiger partial charge in [0, 0.05) is 5.56 Å². The predicted molar refractivity (Wildman–Crippen MR) is 60.7 cm³/mol. The van der Waals surface area contributed by atoms with E-state index in [1.807, 2.05) is 0 Å². The highest BCUT2D eigenvalue weighted by atomic mass is 32.2. The number of carbonyl (C=O) groups excluding carboxylic acids is 1. The molecule has 0 saturated carbocycles. The summed E-state index contributed by atoms with van der Waals surface area (Å²) in [5.41, 5.74) is 6.82. The van der Waals surface area contributed by atoms with Gasteiger partial charge in [-0.3, -0.25) is 4.79 Å². The topological polar surface area (TPSA) is 89.3 Å². The van der Waals surface area contributed by atoms with E-state index in [2.05, 4.69) is 4.72 Å². The van der Waals surface area contributed by atoms with Gasteiger partial charge in [-0.1, -0.05) is 0 Å². The third-order valence-corrected chi connectivity index (χ3v) is 3.88. The van der Waals surface area contributed by atoms with E-state index in [1.165, 1.54) is 19.2 Å². The number of carbonyl (C=O) groups is 1. The number of nitrogens with one attached hydrogen (secondary N) is 1. The highest BCUT2D eigenvalue weighted by Gasteiger charge is 2.16. The lowest BCUT2D eigenvalue weighted by atomic mass is 10.0. The quantitative estimate of drug-likeness (QED) is 0.799. The first-order valence-electron chi connectivity index (χ1n) is 4.64. The standard InChI is InChI=1S/C10H14N2O3S/c1-6-4-8(16(14,15)12-3)5-9(7(6)2)10(11)13/h4-5,12H,1-3H3,(H2,11,13). The lowest BCUT2D eigenvalue weighted by Gasteiger charge is -2.09. The summed E-state index contributed by atoms with van der Waals surface area (Å²) >= 11 is 0. The van der Waals surface area contributed by atoms with Crippen LogP contribution in [0.2, 0.25) is 0 Å². The van der Waals surface area contributed by atoms with Crippen LogP contribution in [0.3, 0.4) is 0 Å². The SMILES string of the molecule is CNS(=O)(=O)c1cc(C)c(C)c(C(N)=O)c1. The maximum atomic E-state index is 11.6. The molecular weight excluding hydrogens is 228 g/mol. The molecule has 0 atom stereocenters. The van der Waals surface area contributed by atoms with E-state index in [9.17, 15) is 13.2 Å². The Balaban J connectivity index is 3.53. The summed E-state index contributed by atoms with van der Waals surface area (Å²) in [5.74, 6) is -0.631. The van der Waals surface area contributed by atoms with E-state index >= 15 is 0 Å². The molecule has 0 fully saturated rings. The minimum Gasteiger partial charge on any atom is -0.366 e. The summed E-state index contributed by atoms with van der Waals surface area (Å²) < 4.78 is 25.3. The predicted octanol–water partition coefficient (Wildman–Crippen LogP) is 0.310. The molecule has 0 aliphatic rings. The number of amides is 1. The Kier molecular flexibility index (Phi) is 3.35. The minimum absolute atomic E-state index is 0.0481. The van der Waals surface area contributed by atoms with Crippen LogP contribution in [0.25, 0.3) is 0 Å². The fraction of sp³-hybridized carbons (Fsp3) is 0.300. The average molecular weight is 242 g/mol. The fourth-order valence-corrected chi connectivity index (χ4v) is 2.20. The summed E-state index contributed by atoms with van der Waals surface area (Å²) in [6, 6.07) is 2.80. The number of rotatable bonds is 3. The van der Waals surface area contributed by atoms with Crippen molar-refractivity contribution in [1.29, 1.82) is 0 Å². The highest BCUT2D eigenvalue weighted by molar-refractivity contribution is 7.89. The second-order valence-corrected chi connectivity index (χ2v) is 5.37. The zero-order valence-corrected chi connectivity index (χ0v) is 10.2. The Bertz CT molecular complexity index is 535. The van der Waals surface area contributed by atoms with Crippen molar-refractivity contribution in [3.8, 4) is 0 Å². The molecule has 0 radical (unpaired) electrons. The third-order valence-electron chi connectivity index (χ3n) is 2.49. The summed E-state index contributed by atoms with van der Waals surface area (Å²) in [4.78, 5) is 11.2. The Morgan fingerprint density at radius 3 is 2.31 bits per heavy atom. The number of sulfonamides is 1. The van der Waals surface area contributed by atoms with Crippen molar-refractivity contribution < 1.29 is 13.2 Å². The van der Waals surface area contributed by atoms with Crippen LogP contribution in [0.4, 0.5) is 0 Å². The molecule has 1 amide bonds. The molecule has 1 aromatic carbocycles. The molecule has 1 aromatic rings. The van der Waals surface area contributed by atoms with E-state index in [4.69, 9.17) is 5.73 Å². The molecule has 5 nitrogen and oxygen atoms in total. The lowest BCUT2D eigenvalue weighted by molar-refractivity contribution is 0.0999. The molecule has 16 heavy (non-hydrogen) atoms. The van der Waals surface area contributed by atoms with Crippen LogP contribution in [0.5, 0.6) is 0 Å². The van der Waals surface area contributed by atoms with Gasteiger partial charge in [0.05, 0.1) is 4.90 Å². The Morgan fingerprint density at radius 1 is 1.31 bits per heavy atom. The van der Waals surface area contributed by atoms with E-state index in [0.29, 0.717) is 11.1 Å².